The van der Waals surface area contributed by atoms with E-state index in [1.807, 2.05) is 0 Å². The molecule has 0 atom stereocenters. The first-order valence-electron chi connectivity index (χ1n) is 4.18. The average Bonchev–Trinajstić information content (AvgIpc) is 1.97. The van der Waals surface area contributed by atoms with Gasteiger partial charge in [0.25, 0.3) is 0 Å². The van der Waals surface area contributed by atoms with Gasteiger partial charge in [-0.2, -0.15) is 0 Å². The summed E-state index contributed by atoms with van der Waals surface area (Å²) in [6.07, 6.45) is 2.12. The monoisotopic (exact) mass is 159 g/mol. The fourth-order valence-electron chi connectivity index (χ4n) is 1.49. The second-order valence-electron chi connectivity index (χ2n) is 3.50. The van der Waals surface area contributed by atoms with Gasteiger partial charge in [-0.15, -0.1) is 0 Å². The summed E-state index contributed by atoms with van der Waals surface area (Å²) in [5.41, 5.74) is -0.582. The number of hydrogen-bond acceptors (Lipinski definition) is 3. The highest BCUT2D eigenvalue weighted by Crippen LogP contribution is 2.24. The molecule has 1 aliphatic heterocycles. The predicted octanol–water partition coefficient (Wildman–Crippen LogP) is -0.175. The molecule has 0 aliphatic carbocycles. The van der Waals surface area contributed by atoms with Crippen molar-refractivity contribution in [2.45, 2.75) is 24.9 Å². The van der Waals surface area contributed by atoms with Crippen LogP contribution in [0.15, 0.2) is 0 Å². The highest BCUT2D eigenvalue weighted by molar-refractivity contribution is 4.84. The third kappa shape index (κ3) is 2.43. The van der Waals surface area contributed by atoms with Gasteiger partial charge >= 0.3 is 0 Å². The fourth-order valence-corrected chi connectivity index (χ4v) is 1.49. The SMILES string of the molecule is CN1CCC(O)(CCO)CC1. The minimum Gasteiger partial charge on any atom is -0.396 e. The minimum atomic E-state index is -0.582. The van der Waals surface area contributed by atoms with E-state index < -0.39 is 5.60 Å². The molecule has 1 heterocycles. The highest BCUT2D eigenvalue weighted by Gasteiger charge is 2.29. The molecule has 3 nitrogen and oxygen atoms in total. The van der Waals surface area contributed by atoms with Crippen LogP contribution in [0.3, 0.4) is 0 Å². The maximum atomic E-state index is 9.80. The van der Waals surface area contributed by atoms with Gasteiger partial charge in [-0.05, 0) is 26.3 Å². The summed E-state index contributed by atoms with van der Waals surface area (Å²) >= 11 is 0. The van der Waals surface area contributed by atoms with E-state index >= 15 is 0 Å². The molecule has 0 saturated carbocycles. The van der Waals surface area contributed by atoms with Crippen molar-refractivity contribution < 1.29 is 10.2 Å². The number of piperidine rings is 1. The Bertz CT molecular complexity index is 119. The zero-order valence-corrected chi connectivity index (χ0v) is 7.08. The number of hydrogen-bond donors (Lipinski definition) is 2. The van der Waals surface area contributed by atoms with Gasteiger partial charge in [-0.25, -0.2) is 0 Å². The summed E-state index contributed by atoms with van der Waals surface area (Å²) in [5, 5.41) is 18.5. The summed E-state index contributed by atoms with van der Waals surface area (Å²) in [5.74, 6) is 0. The second kappa shape index (κ2) is 3.52. The van der Waals surface area contributed by atoms with E-state index in [-0.39, 0.29) is 6.61 Å². The van der Waals surface area contributed by atoms with Crippen molar-refractivity contribution in [1.29, 1.82) is 0 Å². The zero-order chi connectivity index (χ0) is 8.32. The molecule has 66 valence electrons. The van der Waals surface area contributed by atoms with Gasteiger partial charge in [0, 0.05) is 19.7 Å². The van der Waals surface area contributed by atoms with Crippen LogP contribution in [-0.2, 0) is 0 Å². The first-order valence-corrected chi connectivity index (χ1v) is 4.18. The largest absolute Gasteiger partial charge is 0.396 e. The fraction of sp³-hybridized carbons (Fsp3) is 1.00. The van der Waals surface area contributed by atoms with Crippen LogP contribution >= 0.6 is 0 Å². The second-order valence-corrected chi connectivity index (χ2v) is 3.50. The van der Waals surface area contributed by atoms with Crippen molar-refractivity contribution in [2.75, 3.05) is 26.7 Å². The lowest BCUT2D eigenvalue weighted by atomic mass is 9.89. The average molecular weight is 159 g/mol. The van der Waals surface area contributed by atoms with E-state index in [1.165, 1.54) is 0 Å². The first kappa shape index (κ1) is 8.97. The molecule has 0 aromatic rings. The van der Waals surface area contributed by atoms with Crippen LogP contribution in [0.1, 0.15) is 19.3 Å². The van der Waals surface area contributed by atoms with Crippen LogP contribution in [0.5, 0.6) is 0 Å². The van der Waals surface area contributed by atoms with Gasteiger partial charge in [0.15, 0.2) is 0 Å². The maximum absolute atomic E-state index is 9.80. The Labute approximate surface area is 67.6 Å². The lowest BCUT2D eigenvalue weighted by Gasteiger charge is -2.36. The van der Waals surface area contributed by atoms with Gasteiger partial charge in [0.1, 0.15) is 0 Å². The molecule has 1 aliphatic rings. The van der Waals surface area contributed by atoms with E-state index in [0.717, 1.165) is 25.9 Å². The number of likely N-dealkylation sites (tertiary alicyclic amines) is 1. The molecule has 2 N–H and O–H groups in total. The summed E-state index contributed by atoms with van der Waals surface area (Å²) in [4.78, 5) is 2.20. The first-order chi connectivity index (χ1) is 5.16. The molecular weight excluding hydrogens is 142 g/mol. The topological polar surface area (TPSA) is 43.7 Å². The Morgan fingerprint density at radius 2 is 1.91 bits per heavy atom. The van der Waals surface area contributed by atoms with Crippen molar-refractivity contribution >= 4 is 0 Å². The number of rotatable bonds is 2. The Hall–Kier alpha value is -0.120. The summed E-state index contributed by atoms with van der Waals surface area (Å²) in [6.45, 7) is 1.98. The van der Waals surface area contributed by atoms with Crippen molar-refractivity contribution in [3.63, 3.8) is 0 Å². The summed E-state index contributed by atoms with van der Waals surface area (Å²) < 4.78 is 0. The molecule has 0 spiro atoms. The number of aliphatic hydroxyl groups excluding tert-OH is 1. The van der Waals surface area contributed by atoms with Gasteiger partial charge < -0.3 is 15.1 Å². The molecule has 0 aromatic heterocycles. The Morgan fingerprint density at radius 3 is 2.36 bits per heavy atom. The standard InChI is InChI=1S/C8H17NO2/c1-9-5-2-8(11,3-6-9)4-7-10/h10-11H,2-7H2,1H3. The Balaban J connectivity index is 2.35. The van der Waals surface area contributed by atoms with E-state index in [4.69, 9.17) is 5.11 Å². The van der Waals surface area contributed by atoms with Crippen LogP contribution in [-0.4, -0.2) is 47.5 Å². The van der Waals surface area contributed by atoms with Crippen molar-refractivity contribution in [3.8, 4) is 0 Å². The van der Waals surface area contributed by atoms with E-state index in [1.54, 1.807) is 0 Å². The highest BCUT2D eigenvalue weighted by atomic mass is 16.3. The molecule has 1 rings (SSSR count). The molecule has 1 fully saturated rings. The van der Waals surface area contributed by atoms with Crippen molar-refractivity contribution in [3.05, 3.63) is 0 Å². The Morgan fingerprint density at radius 1 is 1.36 bits per heavy atom. The Kier molecular flexibility index (Phi) is 2.87. The maximum Gasteiger partial charge on any atom is 0.0694 e. The van der Waals surface area contributed by atoms with Crippen molar-refractivity contribution in [1.82, 2.24) is 4.90 Å². The third-order valence-electron chi connectivity index (χ3n) is 2.49. The van der Waals surface area contributed by atoms with E-state index in [2.05, 4.69) is 11.9 Å². The quantitative estimate of drug-likeness (QED) is 0.587. The summed E-state index contributed by atoms with van der Waals surface area (Å²) in [6, 6.07) is 0. The van der Waals surface area contributed by atoms with Crippen LogP contribution < -0.4 is 0 Å². The lowest BCUT2D eigenvalue weighted by Crippen LogP contribution is -2.43. The van der Waals surface area contributed by atoms with Crippen LogP contribution in [0, 0.1) is 0 Å². The van der Waals surface area contributed by atoms with Crippen LogP contribution in [0.2, 0.25) is 0 Å². The molecule has 11 heavy (non-hydrogen) atoms. The van der Waals surface area contributed by atoms with E-state index in [0.29, 0.717) is 6.42 Å². The lowest BCUT2D eigenvalue weighted by molar-refractivity contribution is -0.0325. The predicted molar refractivity (Wildman–Crippen MR) is 43.4 cm³/mol. The molecule has 0 unspecified atom stereocenters. The van der Waals surface area contributed by atoms with Gasteiger partial charge in [-0.1, -0.05) is 0 Å². The van der Waals surface area contributed by atoms with Gasteiger partial charge in [0.2, 0.25) is 0 Å². The minimum absolute atomic E-state index is 0.0974. The smallest absolute Gasteiger partial charge is 0.0694 e. The molecule has 1 saturated heterocycles. The molecule has 0 aromatic carbocycles. The zero-order valence-electron chi connectivity index (χ0n) is 7.08. The summed E-state index contributed by atoms with van der Waals surface area (Å²) in [7, 11) is 2.05. The van der Waals surface area contributed by atoms with E-state index in [9.17, 15) is 5.11 Å². The molecule has 0 amide bonds. The number of nitrogens with zero attached hydrogens (tertiary/aromatic N) is 1. The molecule has 0 radical (unpaired) electrons. The number of aliphatic hydroxyl groups is 2. The molecule has 0 bridgehead atoms. The molecular formula is C8H17NO2. The van der Waals surface area contributed by atoms with Crippen LogP contribution in [0.4, 0.5) is 0 Å². The van der Waals surface area contributed by atoms with Crippen LogP contribution in [0.25, 0.3) is 0 Å². The van der Waals surface area contributed by atoms with Crippen molar-refractivity contribution in [2.24, 2.45) is 0 Å². The third-order valence-corrected chi connectivity index (χ3v) is 2.49. The molecule has 3 heteroatoms. The van der Waals surface area contributed by atoms with Gasteiger partial charge in [0.05, 0.1) is 5.60 Å². The normalized spacial score (nSPS) is 25.4. The van der Waals surface area contributed by atoms with Gasteiger partial charge in [-0.3, -0.25) is 0 Å².